The Morgan fingerprint density at radius 1 is 1.44 bits per heavy atom. The molecule has 0 saturated carbocycles. The first kappa shape index (κ1) is 12.6. The number of carbonyl (C=O) groups is 2. The van der Waals surface area contributed by atoms with E-state index in [-0.39, 0.29) is 12.5 Å². The number of amides is 1. The van der Waals surface area contributed by atoms with Crippen LogP contribution in [-0.2, 0) is 16.0 Å². The molecule has 96 valence electrons. The monoisotopic (exact) mass is 248 g/mol. The van der Waals surface area contributed by atoms with Crippen LogP contribution in [0.15, 0.2) is 24.3 Å². The SMILES string of the molecule is CN(CC(=O)O)C(=O)C1NCCc2ccccc21. The Labute approximate surface area is 105 Å². The largest absolute Gasteiger partial charge is 0.480 e. The summed E-state index contributed by atoms with van der Waals surface area (Å²) in [5, 5.41) is 11.9. The minimum absolute atomic E-state index is 0.204. The van der Waals surface area contributed by atoms with Crippen LogP contribution in [0.1, 0.15) is 17.2 Å². The van der Waals surface area contributed by atoms with Crippen molar-refractivity contribution in [3.8, 4) is 0 Å². The van der Waals surface area contributed by atoms with Crippen molar-refractivity contribution in [1.82, 2.24) is 10.2 Å². The van der Waals surface area contributed by atoms with Crippen LogP contribution in [0.4, 0.5) is 0 Å². The summed E-state index contributed by atoms with van der Waals surface area (Å²) >= 11 is 0. The van der Waals surface area contributed by atoms with Gasteiger partial charge in [0.25, 0.3) is 0 Å². The highest BCUT2D eigenvalue weighted by atomic mass is 16.4. The molecule has 2 N–H and O–H groups in total. The van der Waals surface area contributed by atoms with E-state index in [1.54, 1.807) is 0 Å². The number of aliphatic carboxylic acids is 1. The van der Waals surface area contributed by atoms with Crippen molar-refractivity contribution in [2.24, 2.45) is 0 Å². The molecule has 5 nitrogen and oxygen atoms in total. The van der Waals surface area contributed by atoms with Gasteiger partial charge in [-0.3, -0.25) is 9.59 Å². The number of carboxylic acids is 1. The van der Waals surface area contributed by atoms with Crippen molar-refractivity contribution in [2.75, 3.05) is 20.1 Å². The smallest absolute Gasteiger partial charge is 0.323 e. The molecule has 0 radical (unpaired) electrons. The minimum atomic E-state index is -1.00. The maximum Gasteiger partial charge on any atom is 0.323 e. The Hall–Kier alpha value is -1.88. The molecule has 2 rings (SSSR count). The average molecular weight is 248 g/mol. The van der Waals surface area contributed by atoms with E-state index in [1.165, 1.54) is 11.9 Å². The van der Waals surface area contributed by atoms with E-state index >= 15 is 0 Å². The molecule has 1 unspecified atom stereocenters. The first-order valence-corrected chi connectivity index (χ1v) is 5.87. The van der Waals surface area contributed by atoms with Gasteiger partial charge in [-0.25, -0.2) is 0 Å². The van der Waals surface area contributed by atoms with Gasteiger partial charge in [0.1, 0.15) is 12.6 Å². The average Bonchev–Trinajstić information content (AvgIpc) is 2.36. The summed E-state index contributed by atoms with van der Waals surface area (Å²) < 4.78 is 0. The van der Waals surface area contributed by atoms with Crippen LogP contribution in [0.25, 0.3) is 0 Å². The molecule has 0 aromatic heterocycles. The first-order chi connectivity index (χ1) is 8.59. The number of hydrogen-bond acceptors (Lipinski definition) is 3. The number of carboxylic acid groups (broad SMARTS) is 1. The summed E-state index contributed by atoms with van der Waals surface area (Å²) in [6, 6.07) is 7.33. The third-order valence-electron chi connectivity index (χ3n) is 3.10. The zero-order chi connectivity index (χ0) is 13.1. The quantitative estimate of drug-likeness (QED) is 0.813. The molecule has 0 fully saturated rings. The fourth-order valence-electron chi connectivity index (χ4n) is 2.23. The number of hydrogen-bond donors (Lipinski definition) is 2. The van der Waals surface area contributed by atoms with Crippen molar-refractivity contribution >= 4 is 11.9 Å². The van der Waals surface area contributed by atoms with E-state index in [1.807, 2.05) is 24.3 Å². The van der Waals surface area contributed by atoms with Crippen LogP contribution >= 0.6 is 0 Å². The van der Waals surface area contributed by atoms with Crippen LogP contribution in [0, 0.1) is 0 Å². The molecule has 5 heteroatoms. The maximum absolute atomic E-state index is 12.2. The van der Waals surface area contributed by atoms with E-state index in [0.29, 0.717) is 0 Å². The van der Waals surface area contributed by atoms with Gasteiger partial charge in [0.2, 0.25) is 5.91 Å². The van der Waals surface area contributed by atoms with Gasteiger partial charge in [-0.1, -0.05) is 24.3 Å². The van der Waals surface area contributed by atoms with Crippen molar-refractivity contribution < 1.29 is 14.7 Å². The lowest BCUT2D eigenvalue weighted by atomic mass is 9.93. The van der Waals surface area contributed by atoms with Crippen LogP contribution in [0.5, 0.6) is 0 Å². The Morgan fingerprint density at radius 3 is 2.89 bits per heavy atom. The number of likely N-dealkylation sites (N-methyl/N-ethyl adjacent to an activating group) is 1. The number of nitrogens with one attached hydrogen (secondary N) is 1. The van der Waals surface area contributed by atoms with Crippen LogP contribution < -0.4 is 5.32 Å². The van der Waals surface area contributed by atoms with E-state index < -0.39 is 12.0 Å². The first-order valence-electron chi connectivity index (χ1n) is 5.87. The predicted molar refractivity (Wildman–Crippen MR) is 66.2 cm³/mol. The van der Waals surface area contributed by atoms with Crippen molar-refractivity contribution in [3.63, 3.8) is 0 Å². The second kappa shape index (κ2) is 5.18. The van der Waals surface area contributed by atoms with Crippen molar-refractivity contribution in [1.29, 1.82) is 0 Å². The fourth-order valence-corrected chi connectivity index (χ4v) is 2.23. The number of carbonyl (C=O) groups excluding carboxylic acids is 1. The lowest BCUT2D eigenvalue weighted by Gasteiger charge is -2.29. The van der Waals surface area contributed by atoms with Gasteiger partial charge < -0.3 is 15.3 Å². The topological polar surface area (TPSA) is 69.6 Å². The second-order valence-electron chi connectivity index (χ2n) is 4.42. The third kappa shape index (κ3) is 2.51. The van der Waals surface area contributed by atoms with Crippen molar-refractivity contribution in [2.45, 2.75) is 12.5 Å². The van der Waals surface area contributed by atoms with Crippen molar-refractivity contribution in [3.05, 3.63) is 35.4 Å². The molecule has 1 aromatic carbocycles. The van der Waals surface area contributed by atoms with Crippen LogP contribution in [0.2, 0.25) is 0 Å². The highest BCUT2D eigenvalue weighted by Crippen LogP contribution is 2.23. The van der Waals surface area contributed by atoms with E-state index in [0.717, 1.165) is 24.1 Å². The number of fused-ring (bicyclic) bond motifs is 1. The van der Waals surface area contributed by atoms with Gasteiger partial charge in [0.05, 0.1) is 0 Å². The van der Waals surface area contributed by atoms with Gasteiger partial charge in [-0.15, -0.1) is 0 Å². The molecule has 1 amide bonds. The molecule has 1 aliphatic rings. The molecule has 0 aliphatic carbocycles. The lowest BCUT2D eigenvalue weighted by molar-refractivity contribution is -0.144. The summed E-state index contributed by atoms with van der Waals surface area (Å²) in [5.41, 5.74) is 2.10. The predicted octanol–water partition coefficient (Wildman–Crippen LogP) is 0.416. The van der Waals surface area contributed by atoms with Gasteiger partial charge in [0.15, 0.2) is 0 Å². The molecule has 1 aliphatic heterocycles. The Bertz CT molecular complexity index is 473. The number of nitrogens with zero attached hydrogens (tertiary/aromatic N) is 1. The maximum atomic E-state index is 12.2. The zero-order valence-corrected chi connectivity index (χ0v) is 10.2. The molecule has 0 bridgehead atoms. The number of rotatable bonds is 3. The fraction of sp³-hybridized carbons (Fsp3) is 0.385. The van der Waals surface area contributed by atoms with Gasteiger partial charge in [0, 0.05) is 13.6 Å². The Morgan fingerprint density at radius 2 is 2.17 bits per heavy atom. The summed E-state index contributed by atoms with van der Waals surface area (Å²) in [4.78, 5) is 24.1. The summed E-state index contributed by atoms with van der Waals surface area (Å²) in [7, 11) is 1.51. The van der Waals surface area contributed by atoms with Gasteiger partial charge in [-0.2, -0.15) is 0 Å². The minimum Gasteiger partial charge on any atom is -0.480 e. The molecule has 1 heterocycles. The van der Waals surface area contributed by atoms with E-state index in [4.69, 9.17) is 5.11 Å². The zero-order valence-electron chi connectivity index (χ0n) is 10.2. The van der Waals surface area contributed by atoms with Crippen LogP contribution in [0.3, 0.4) is 0 Å². The summed E-state index contributed by atoms with van der Waals surface area (Å²) in [6.07, 6.45) is 0.891. The molecule has 0 spiro atoms. The van der Waals surface area contributed by atoms with Crippen LogP contribution in [-0.4, -0.2) is 42.0 Å². The van der Waals surface area contributed by atoms with E-state index in [9.17, 15) is 9.59 Å². The Balaban J connectivity index is 2.20. The number of benzene rings is 1. The van der Waals surface area contributed by atoms with Gasteiger partial charge in [-0.05, 0) is 17.5 Å². The van der Waals surface area contributed by atoms with E-state index in [2.05, 4.69) is 5.32 Å². The second-order valence-corrected chi connectivity index (χ2v) is 4.42. The molecular formula is C13H16N2O3. The lowest BCUT2D eigenvalue weighted by Crippen LogP contribution is -2.43. The molecular weight excluding hydrogens is 232 g/mol. The summed E-state index contributed by atoms with van der Waals surface area (Å²) in [6.45, 7) is 0.452. The molecule has 1 aromatic rings. The molecule has 0 saturated heterocycles. The standard InChI is InChI=1S/C13H16N2O3/c1-15(8-11(16)17)13(18)12-10-5-3-2-4-9(10)6-7-14-12/h2-5,12,14H,6-8H2,1H3,(H,16,17). The summed E-state index contributed by atoms with van der Waals surface area (Å²) in [5.74, 6) is -1.21. The molecule has 18 heavy (non-hydrogen) atoms. The third-order valence-corrected chi connectivity index (χ3v) is 3.10. The normalized spacial score (nSPS) is 17.9. The highest BCUT2D eigenvalue weighted by molar-refractivity contribution is 5.86. The highest BCUT2D eigenvalue weighted by Gasteiger charge is 2.28. The molecule has 1 atom stereocenters. The van der Waals surface area contributed by atoms with Gasteiger partial charge >= 0.3 is 5.97 Å². The Kier molecular flexibility index (Phi) is 3.62.